The van der Waals surface area contributed by atoms with Crippen LogP contribution in [-0.4, -0.2) is 18.1 Å². The monoisotopic (exact) mass is 166 g/mol. The van der Waals surface area contributed by atoms with E-state index in [0.29, 0.717) is 6.04 Å². The third-order valence-corrected chi connectivity index (χ3v) is 2.53. The van der Waals surface area contributed by atoms with Gasteiger partial charge in [0.2, 0.25) is 0 Å². The van der Waals surface area contributed by atoms with Crippen LogP contribution in [0.3, 0.4) is 0 Å². The van der Waals surface area contributed by atoms with E-state index in [0.717, 1.165) is 12.8 Å². The van der Waals surface area contributed by atoms with E-state index in [1.807, 2.05) is 0 Å². The molecule has 3 nitrogen and oxygen atoms in total. The second kappa shape index (κ2) is 3.17. The van der Waals surface area contributed by atoms with Crippen LogP contribution < -0.4 is 10.6 Å². The molecule has 2 N–H and O–H groups in total. The third-order valence-electron chi connectivity index (χ3n) is 2.53. The van der Waals surface area contributed by atoms with Gasteiger partial charge < -0.3 is 10.6 Å². The van der Waals surface area contributed by atoms with Gasteiger partial charge in [-0.2, -0.15) is 0 Å². The zero-order chi connectivity index (χ0) is 8.39. The Hall–Kier alpha value is -0.990. The fourth-order valence-electron chi connectivity index (χ4n) is 1.86. The van der Waals surface area contributed by atoms with Crippen LogP contribution >= 0.6 is 0 Å². The molecule has 0 spiro atoms. The normalized spacial score (nSPS) is 37.2. The molecule has 1 aliphatic heterocycles. The molecular weight excluding hydrogens is 152 g/mol. The highest BCUT2D eigenvalue weighted by Crippen LogP contribution is 2.15. The molecule has 66 valence electrons. The number of hydrogen-bond donors (Lipinski definition) is 2. The molecule has 2 aliphatic rings. The standard InChI is InChI=1S/C9H14N2O/c12-9-10-7-5-3-1-2-4-6-8(7)11-9/h3,5,7-8H,1-2,4,6H2,(H2,10,11,12)/b5-3+. The van der Waals surface area contributed by atoms with Crippen molar-refractivity contribution in [3.8, 4) is 0 Å². The molecule has 0 aromatic carbocycles. The number of rotatable bonds is 0. The molecule has 0 aromatic rings. The molecule has 0 aromatic heterocycles. The summed E-state index contributed by atoms with van der Waals surface area (Å²) < 4.78 is 0. The Morgan fingerprint density at radius 1 is 1.33 bits per heavy atom. The molecule has 1 fully saturated rings. The van der Waals surface area contributed by atoms with Crippen molar-refractivity contribution in [2.45, 2.75) is 37.8 Å². The highest BCUT2D eigenvalue weighted by Gasteiger charge is 2.29. The lowest BCUT2D eigenvalue weighted by Crippen LogP contribution is -2.32. The lowest BCUT2D eigenvalue weighted by molar-refractivity contribution is 0.247. The Labute approximate surface area is 72.2 Å². The van der Waals surface area contributed by atoms with E-state index < -0.39 is 0 Å². The van der Waals surface area contributed by atoms with Gasteiger partial charge in [0.25, 0.3) is 0 Å². The number of nitrogens with one attached hydrogen (secondary N) is 2. The van der Waals surface area contributed by atoms with Gasteiger partial charge in [-0.05, 0) is 19.3 Å². The summed E-state index contributed by atoms with van der Waals surface area (Å²) in [5.41, 5.74) is 0. The number of hydrogen-bond acceptors (Lipinski definition) is 1. The lowest BCUT2D eigenvalue weighted by atomic mass is 9.99. The van der Waals surface area contributed by atoms with Crippen LogP contribution in [0.5, 0.6) is 0 Å². The molecule has 0 bridgehead atoms. The first-order valence-electron chi connectivity index (χ1n) is 4.60. The largest absolute Gasteiger partial charge is 0.333 e. The Kier molecular flexibility index (Phi) is 2.02. The van der Waals surface area contributed by atoms with E-state index in [2.05, 4.69) is 22.8 Å². The second-order valence-corrected chi connectivity index (χ2v) is 3.46. The van der Waals surface area contributed by atoms with Gasteiger partial charge >= 0.3 is 6.03 Å². The average molecular weight is 166 g/mol. The summed E-state index contributed by atoms with van der Waals surface area (Å²) in [7, 11) is 0. The Bertz CT molecular complexity index is 213. The number of fused-ring (bicyclic) bond motifs is 1. The van der Waals surface area contributed by atoms with Crippen molar-refractivity contribution < 1.29 is 4.79 Å². The van der Waals surface area contributed by atoms with Crippen LogP contribution in [0.25, 0.3) is 0 Å². The van der Waals surface area contributed by atoms with Crippen LogP contribution in [-0.2, 0) is 0 Å². The molecule has 2 atom stereocenters. The Morgan fingerprint density at radius 3 is 3.17 bits per heavy atom. The zero-order valence-corrected chi connectivity index (χ0v) is 7.05. The zero-order valence-electron chi connectivity index (χ0n) is 7.05. The minimum atomic E-state index is -0.0171. The molecule has 2 unspecified atom stereocenters. The summed E-state index contributed by atoms with van der Waals surface area (Å²) in [5.74, 6) is 0. The summed E-state index contributed by atoms with van der Waals surface area (Å²) in [6.07, 6.45) is 9.00. The van der Waals surface area contributed by atoms with Gasteiger partial charge in [-0.1, -0.05) is 18.6 Å². The number of carbonyl (C=O) groups excluding carboxylic acids is 1. The number of amides is 2. The van der Waals surface area contributed by atoms with Crippen molar-refractivity contribution in [2.75, 3.05) is 0 Å². The summed E-state index contributed by atoms with van der Waals surface area (Å²) >= 11 is 0. The predicted molar refractivity (Wildman–Crippen MR) is 46.9 cm³/mol. The first kappa shape index (κ1) is 7.65. The van der Waals surface area contributed by atoms with Crippen LogP contribution in [0.4, 0.5) is 4.79 Å². The van der Waals surface area contributed by atoms with Gasteiger partial charge in [0.05, 0.1) is 12.1 Å². The molecule has 1 aliphatic carbocycles. The minimum absolute atomic E-state index is 0.0171. The highest BCUT2D eigenvalue weighted by atomic mass is 16.2. The first-order chi connectivity index (χ1) is 5.86. The van der Waals surface area contributed by atoms with Crippen LogP contribution in [0, 0.1) is 0 Å². The fourth-order valence-corrected chi connectivity index (χ4v) is 1.86. The van der Waals surface area contributed by atoms with Gasteiger partial charge in [-0.25, -0.2) is 4.79 Å². The van der Waals surface area contributed by atoms with Gasteiger partial charge in [0.1, 0.15) is 0 Å². The van der Waals surface area contributed by atoms with Crippen molar-refractivity contribution >= 4 is 6.03 Å². The summed E-state index contributed by atoms with van der Waals surface area (Å²) in [6, 6.07) is 0.545. The fraction of sp³-hybridized carbons (Fsp3) is 0.667. The topological polar surface area (TPSA) is 41.1 Å². The molecule has 0 radical (unpaired) electrons. The van der Waals surface area contributed by atoms with E-state index in [1.54, 1.807) is 0 Å². The summed E-state index contributed by atoms with van der Waals surface area (Å²) in [5, 5.41) is 5.81. The molecule has 1 heterocycles. The third kappa shape index (κ3) is 1.44. The van der Waals surface area contributed by atoms with Gasteiger partial charge in [-0.3, -0.25) is 0 Å². The van der Waals surface area contributed by atoms with Crippen molar-refractivity contribution in [3.05, 3.63) is 12.2 Å². The van der Waals surface area contributed by atoms with E-state index >= 15 is 0 Å². The van der Waals surface area contributed by atoms with Crippen LogP contribution in [0.1, 0.15) is 25.7 Å². The maximum atomic E-state index is 11.0. The van der Waals surface area contributed by atoms with Crippen molar-refractivity contribution in [1.29, 1.82) is 0 Å². The maximum Gasteiger partial charge on any atom is 0.315 e. The summed E-state index contributed by atoms with van der Waals surface area (Å²) in [6.45, 7) is 0. The van der Waals surface area contributed by atoms with E-state index in [-0.39, 0.29) is 12.1 Å². The van der Waals surface area contributed by atoms with Crippen molar-refractivity contribution in [2.24, 2.45) is 0 Å². The van der Waals surface area contributed by atoms with E-state index in [4.69, 9.17) is 0 Å². The molecule has 0 saturated carbocycles. The molecule has 1 saturated heterocycles. The Balaban J connectivity index is 2.07. The number of carbonyl (C=O) groups is 1. The second-order valence-electron chi connectivity index (χ2n) is 3.46. The van der Waals surface area contributed by atoms with Gasteiger partial charge in [0, 0.05) is 0 Å². The lowest BCUT2D eigenvalue weighted by Gasteiger charge is -2.16. The molecule has 3 heteroatoms. The SMILES string of the molecule is O=C1NC2/C=C/CCCCC2N1. The maximum absolute atomic E-state index is 11.0. The number of allylic oxidation sites excluding steroid dienone is 1. The molecule has 2 amide bonds. The smallest absolute Gasteiger partial charge is 0.315 e. The van der Waals surface area contributed by atoms with E-state index in [9.17, 15) is 4.79 Å². The highest BCUT2D eigenvalue weighted by molar-refractivity contribution is 5.77. The van der Waals surface area contributed by atoms with E-state index in [1.165, 1.54) is 12.8 Å². The van der Waals surface area contributed by atoms with Gasteiger partial charge in [-0.15, -0.1) is 0 Å². The predicted octanol–water partition coefficient (Wildman–Crippen LogP) is 1.17. The summed E-state index contributed by atoms with van der Waals surface area (Å²) in [4.78, 5) is 11.0. The quantitative estimate of drug-likeness (QED) is 0.521. The minimum Gasteiger partial charge on any atom is -0.333 e. The van der Waals surface area contributed by atoms with Gasteiger partial charge in [0.15, 0.2) is 0 Å². The Morgan fingerprint density at radius 2 is 2.25 bits per heavy atom. The number of urea groups is 1. The van der Waals surface area contributed by atoms with Crippen molar-refractivity contribution in [3.63, 3.8) is 0 Å². The van der Waals surface area contributed by atoms with Crippen LogP contribution in [0.15, 0.2) is 12.2 Å². The average Bonchev–Trinajstić information content (AvgIpc) is 2.32. The molecule has 12 heavy (non-hydrogen) atoms. The van der Waals surface area contributed by atoms with Crippen molar-refractivity contribution in [1.82, 2.24) is 10.6 Å². The molecular formula is C9H14N2O. The molecule has 2 rings (SSSR count). The van der Waals surface area contributed by atoms with Crippen LogP contribution in [0.2, 0.25) is 0 Å². The first-order valence-corrected chi connectivity index (χ1v) is 4.60.